The maximum atomic E-state index is 13.5. The molecule has 0 saturated carbocycles. The van der Waals surface area contributed by atoms with Gasteiger partial charge in [0, 0.05) is 11.4 Å². The van der Waals surface area contributed by atoms with Crippen LogP contribution in [0, 0.1) is 5.82 Å². The van der Waals surface area contributed by atoms with Crippen molar-refractivity contribution in [2.24, 2.45) is 0 Å². The van der Waals surface area contributed by atoms with E-state index in [-0.39, 0.29) is 23.0 Å². The summed E-state index contributed by atoms with van der Waals surface area (Å²) in [5, 5.41) is 2.74. The molecule has 140 valence electrons. The molecule has 1 N–H and O–H groups in total. The quantitative estimate of drug-likeness (QED) is 0.713. The van der Waals surface area contributed by atoms with Crippen LogP contribution in [0.15, 0.2) is 53.4 Å². The normalized spacial score (nSPS) is 13.3. The maximum Gasteiger partial charge on any atom is 0.233 e. The second kappa shape index (κ2) is 9.59. The lowest BCUT2D eigenvalue weighted by atomic mass is 10.1. The number of thioether (sulfide) groups is 1. The van der Waals surface area contributed by atoms with Gasteiger partial charge in [-0.1, -0.05) is 12.1 Å². The van der Waals surface area contributed by atoms with Crippen LogP contribution in [0.1, 0.15) is 18.5 Å². The van der Waals surface area contributed by atoms with Gasteiger partial charge in [0.05, 0.1) is 18.4 Å². The molecular weight excluding hydrogens is 351 g/mol. The van der Waals surface area contributed by atoms with Crippen LogP contribution in [-0.2, 0) is 4.79 Å². The molecule has 0 aliphatic heterocycles. The fourth-order valence-corrected chi connectivity index (χ4v) is 3.46. The molecule has 2 rings (SSSR count). The maximum absolute atomic E-state index is 13.5. The van der Waals surface area contributed by atoms with Gasteiger partial charge in [0.1, 0.15) is 11.6 Å². The molecule has 0 bridgehead atoms. The lowest BCUT2D eigenvalue weighted by Gasteiger charge is -2.25. The predicted octanol–water partition coefficient (Wildman–Crippen LogP) is 3.73. The van der Waals surface area contributed by atoms with Crippen molar-refractivity contribution in [3.63, 3.8) is 0 Å². The van der Waals surface area contributed by atoms with Gasteiger partial charge in [0.15, 0.2) is 0 Å². The second-order valence-corrected chi connectivity index (χ2v) is 7.63. The van der Waals surface area contributed by atoms with E-state index in [0.29, 0.717) is 6.54 Å². The van der Waals surface area contributed by atoms with Gasteiger partial charge in [0.25, 0.3) is 0 Å². The fraction of sp³-hybridized carbons (Fsp3) is 0.350. The molecule has 0 unspecified atom stereocenters. The molecule has 0 fully saturated rings. The summed E-state index contributed by atoms with van der Waals surface area (Å²) < 4.78 is 18.6. The third-order valence-electron chi connectivity index (χ3n) is 4.07. The highest BCUT2D eigenvalue weighted by molar-refractivity contribution is 8.00. The van der Waals surface area contributed by atoms with Crippen LogP contribution in [0.25, 0.3) is 0 Å². The number of halogens is 1. The molecule has 6 heteroatoms. The molecular formula is C20H25FN2O2S. The second-order valence-electron chi connectivity index (χ2n) is 6.22. The summed E-state index contributed by atoms with van der Waals surface area (Å²) in [4.78, 5) is 15.4. The van der Waals surface area contributed by atoms with E-state index in [2.05, 4.69) is 5.32 Å². The van der Waals surface area contributed by atoms with Crippen LogP contribution in [0.2, 0.25) is 0 Å². The van der Waals surface area contributed by atoms with E-state index in [4.69, 9.17) is 4.74 Å². The average Bonchev–Trinajstić information content (AvgIpc) is 2.62. The molecule has 26 heavy (non-hydrogen) atoms. The largest absolute Gasteiger partial charge is 0.497 e. The van der Waals surface area contributed by atoms with Gasteiger partial charge in [-0.05, 0) is 63.0 Å². The first-order valence-electron chi connectivity index (χ1n) is 8.41. The number of ether oxygens (including phenoxy) is 1. The third-order valence-corrected chi connectivity index (χ3v) is 5.18. The molecule has 0 aliphatic carbocycles. The Bertz CT molecular complexity index is 722. The average molecular weight is 376 g/mol. The minimum Gasteiger partial charge on any atom is -0.497 e. The zero-order valence-corrected chi connectivity index (χ0v) is 16.3. The standard InChI is InChI=1S/C20H25FN2O2S/c1-14(26-18-10-8-17(25-4)9-11-18)20(24)22-13-19(23(2)3)15-6-5-7-16(21)12-15/h5-12,14,19H,13H2,1-4H3,(H,22,24)/t14-,19+/m1/s1. The lowest BCUT2D eigenvalue weighted by molar-refractivity contribution is -0.120. The van der Waals surface area contributed by atoms with Crippen molar-refractivity contribution in [1.29, 1.82) is 0 Å². The van der Waals surface area contributed by atoms with Crippen molar-refractivity contribution < 1.29 is 13.9 Å². The van der Waals surface area contributed by atoms with Gasteiger partial charge in [-0.2, -0.15) is 0 Å². The Kier molecular flexibility index (Phi) is 7.48. The highest BCUT2D eigenvalue weighted by atomic mass is 32.2. The fourth-order valence-electron chi connectivity index (χ4n) is 2.57. The number of carbonyl (C=O) groups excluding carboxylic acids is 1. The number of hydrogen-bond acceptors (Lipinski definition) is 4. The van der Waals surface area contributed by atoms with Crippen molar-refractivity contribution in [2.45, 2.75) is 23.1 Å². The van der Waals surface area contributed by atoms with Gasteiger partial charge in [0.2, 0.25) is 5.91 Å². The van der Waals surface area contributed by atoms with Crippen LogP contribution in [-0.4, -0.2) is 43.8 Å². The number of amides is 1. The molecule has 2 aromatic carbocycles. The van der Waals surface area contributed by atoms with E-state index in [1.807, 2.05) is 56.3 Å². The summed E-state index contributed by atoms with van der Waals surface area (Å²) in [7, 11) is 5.45. The summed E-state index contributed by atoms with van der Waals surface area (Å²) in [5.74, 6) is 0.466. The first-order chi connectivity index (χ1) is 12.4. The minimum absolute atomic E-state index is 0.0472. The Hall–Kier alpha value is -2.05. The van der Waals surface area contributed by atoms with E-state index >= 15 is 0 Å². The number of benzene rings is 2. The summed E-state index contributed by atoms with van der Waals surface area (Å²) in [6.07, 6.45) is 0. The first kappa shape index (κ1) is 20.3. The van der Waals surface area contributed by atoms with Crippen molar-refractivity contribution in [1.82, 2.24) is 10.2 Å². The summed E-state index contributed by atoms with van der Waals surface area (Å²) in [6.45, 7) is 2.29. The molecule has 0 aliphatic rings. The molecule has 0 heterocycles. The van der Waals surface area contributed by atoms with Crippen LogP contribution in [0.5, 0.6) is 5.75 Å². The van der Waals surface area contributed by atoms with Crippen LogP contribution in [0.3, 0.4) is 0 Å². The Morgan fingerprint density at radius 2 is 1.92 bits per heavy atom. The summed E-state index contributed by atoms with van der Waals surface area (Å²) in [5.41, 5.74) is 0.839. The minimum atomic E-state index is -0.274. The van der Waals surface area contributed by atoms with Crippen molar-refractivity contribution in [3.05, 3.63) is 59.9 Å². The van der Waals surface area contributed by atoms with E-state index in [1.165, 1.54) is 23.9 Å². The highest BCUT2D eigenvalue weighted by Crippen LogP contribution is 2.25. The molecule has 0 aromatic heterocycles. The van der Waals surface area contributed by atoms with E-state index < -0.39 is 0 Å². The number of rotatable bonds is 8. The topological polar surface area (TPSA) is 41.6 Å². The Morgan fingerprint density at radius 3 is 2.50 bits per heavy atom. The van der Waals surface area contributed by atoms with Crippen LogP contribution in [0.4, 0.5) is 4.39 Å². The smallest absolute Gasteiger partial charge is 0.233 e. The van der Waals surface area contributed by atoms with Gasteiger partial charge >= 0.3 is 0 Å². The number of hydrogen-bond donors (Lipinski definition) is 1. The van der Waals surface area contributed by atoms with Crippen molar-refractivity contribution in [3.8, 4) is 5.75 Å². The summed E-state index contributed by atoms with van der Waals surface area (Å²) in [6, 6.07) is 14.0. The zero-order chi connectivity index (χ0) is 19.1. The predicted molar refractivity (Wildman–Crippen MR) is 104 cm³/mol. The Morgan fingerprint density at radius 1 is 1.23 bits per heavy atom. The highest BCUT2D eigenvalue weighted by Gasteiger charge is 2.19. The Labute approximate surface area is 158 Å². The number of nitrogens with one attached hydrogen (secondary N) is 1. The Balaban J connectivity index is 1.94. The molecule has 2 atom stereocenters. The number of likely N-dealkylation sites (N-methyl/N-ethyl adjacent to an activating group) is 1. The van der Waals surface area contributed by atoms with Gasteiger partial charge < -0.3 is 15.0 Å². The van der Waals surface area contributed by atoms with E-state index in [0.717, 1.165) is 16.2 Å². The molecule has 0 radical (unpaired) electrons. The number of carbonyl (C=O) groups is 1. The summed E-state index contributed by atoms with van der Waals surface area (Å²) >= 11 is 1.49. The molecule has 1 amide bonds. The third kappa shape index (κ3) is 5.75. The van der Waals surface area contributed by atoms with E-state index in [1.54, 1.807) is 13.2 Å². The molecule has 4 nitrogen and oxygen atoms in total. The molecule has 0 saturated heterocycles. The van der Waals surface area contributed by atoms with E-state index in [9.17, 15) is 9.18 Å². The number of nitrogens with zero attached hydrogens (tertiary/aromatic N) is 1. The molecule has 2 aromatic rings. The molecule has 0 spiro atoms. The van der Waals surface area contributed by atoms with Gasteiger partial charge in [-0.15, -0.1) is 11.8 Å². The van der Waals surface area contributed by atoms with Gasteiger partial charge in [-0.25, -0.2) is 4.39 Å². The van der Waals surface area contributed by atoms with Crippen molar-refractivity contribution >= 4 is 17.7 Å². The number of methoxy groups -OCH3 is 1. The SMILES string of the molecule is COc1ccc(S[C@H](C)C(=O)NC[C@@H](c2cccc(F)c2)N(C)C)cc1. The van der Waals surface area contributed by atoms with Crippen LogP contribution >= 0.6 is 11.8 Å². The monoisotopic (exact) mass is 376 g/mol. The first-order valence-corrected chi connectivity index (χ1v) is 9.29. The zero-order valence-electron chi connectivity index (χ0n) is 15.5. The van der Waals surface area contributed by atoms with Crippen molar-refractivity contribution in [2.75, 3.05) is 27.7 Å². The van der Waals surface area contributed by atoms with Gasteiger partial charge in [-0.3, -0.25) is 4.79 Å². The lowest BCUT2D eigenvalue weighted by Crippen LogP contribution is -2.38. The van der Waals surface area contributed by atoms with Crippen LogP contribution < -0.4 is 10.1 Å².